The molecule has 7 heteroatoms. The average Bonchev–Trinajstić information content (AvgIpc) is 2.70. The summed E-state index contributed by atoms with van der Waals surface area (Å²) in [5.41, 5.74) is 4.14. The van der Waals surface area contributed by atoms with Gasteiger partial charge in [0.05, 0.1) is 12.7 Å². The van der Waals surface area contributed by atoms with Gasteiger partial charge in [0.1, 0.15) is 17.3 Å². The first-order valence-electron chi connectivity index (χ1n) is 9.06. The first-order chi connectivity index (χ1) is 13.9. The molecule has 0 bridgehead atoms. The highest BCUT2D eigenvalue weighted by Gasteiger charge is 2.13. The number of nitrogens with zero attached hydrogens (tertiary/aromatic N) is 2. The Bertz CT molecular complexity index is 1080. The Kier molecular flexibility index (Phi) is 5.87. The minimum atomic E-state index is -0.430. The topological polar surface area (TPSA) is 93.2 Å². The van der Waals surface area contributed by atoms with E-state index in [9.17, 15) is 9.59 Å². The molecule has 0 saturated carbocycles. The molecule has 148 valence electrons. The molecule has 0 aliphatic rings. The molecule has 0 fully saturated rings. The van der Waals surface area contributed by atoms with Crippen LogP contribution in [0.15, 0.2) is 48.5 Å². The van der Waals surface area contributed by atoms with Gasteiger partial charge in [-0.15, -0.1) is 0 Å². The number of hydrogen-bond acceptors (Lipinski definition) is 6. The van der Waals surface area contributed by atoms with E-state index in [1.807, 2.05) is 32.0 Å². The van der Waals surface area contributed by atoms with Crippen molar-refractivity contribution in [3.05, 3.63) is 76.7 Å². The average molecular weight is 390 g/mol. The second-order valence-electron chi connectivity index (χ2n) is 6.58. The number of aryl methyl sites for hydroxylation is 2. The molecule has 3 rings (SSSR count). The fourth-order valence-corrected chi connectivity index (χ4v) is 2.81. The summed E-state index contributed by atoms with van der Waals surface area (Å²) in [5.74, 6) is 0.146. The molecular weight excluding hydrogens is 368 g/mol. The molecule has 0 radical (unpaired) electrons. The van der Waals surface area contributed by atoms with E-state index in [1.165, 1.54) is 7.11 Å². The van der Waals surface area contributed by atoms with Crippen LogP contribution in [0.3, 0.4) is 0 Å². The van der Waals surface area contributed by atoms with Crippen LogP contribution in [0.5, 0.6) is 0 Å². The van der Waals surface area contributed by atoms with Gasteiger partial charge in [-0.3, -0.25) is 4.79 Å². The van der Waals surface area contributed by atoms with Gasteiger partial charge in [-0.05, 0) is 56.2 Å². The summed E-state index contributed by atoms with van der Waals surface area (Å²) in [5, 5.41) is 6.00. The highest BCUT2D eigenvalue weighted by molar-refractivity contribution is 6.03. The fraction of sp³-hybridized carbons (Fsp3) is 0.182. The largest absolute Gasteiger partial charge is 0.465 e. The molecule has 0 unspecified atom stereocenters. The number of esters is 1. The molecule has 0 saturated heterocycles. The van der Waals surface area contributed by atoms with Crippen LogP contribution in [0.2, 0.25) is 0 Å². The monoisotopic (exact) mass is 390 g/mol. The normalized spacial score (nSPS) is 10.3. The lowest BCUT2D eigenvalue weighted by molar-refractivity contribution is 0.0600. The molecule has 2 N–H and O–H groups in total. The molecule has 2 aromatic carbocycles. The number of rotatable bonds is 5. The Balaban J connectivity index is 1.84. The summed E-state index contributed by atoms with van der Waals surface area (Å²) in [6.07, 6.45) is 0. The van der Waals surface area contributed by atoms with E-state index in [4.69, 9.17) is 4.74 Å². The van der Waals surface area contributed by atoms with Gasteiger partial charge in [-0.2, -0.15) is 0 Å². The first-order valence-corrected chi connectivity index (χ1v) is 9.06. The summed E-state index contributed by atoms with van der Waals surface area (Å²) in [6, 6.07) is 14.1. The highest BCUT2D eigenvalue weighted by atomic mass is 16.5. The van der Waals surface area contributed by atoms with Crippen LogP contribution in [0.1, 0.15) is 37.8 Å². The van der Waals surface area contributed by atoms with E-state index in [0.717, 1.165) is 16.8 Å². The third kappa shape index (κ3) is 4.76. The van der Waals surface area contributed by atoms with Crippen LogP contribution in [-0.2, 0) is 4.74 Å². The Morgan fingerprint density at radius 3 is 2.48 bits per heavy atom. The molecule has 0 aliphatic heterocycles. The molecule has 0 atom stereocenters. The minimum Gasteiger partial charge on any atom is -0.465 e. The maximum absolute atomic E-state index is 12.7. The molecule has 7 nitrogen and oxygen atoms in total. The van der Waals surface area contributed by atoms with E-state index in [0.29, 0.717) is 22.9 Å². The van der Waals surface area contributed by atoms with E-state index in [1.54, 1.807) is 37.3 Å². The van der Waals surface area contributed by atoms with Crippen LogP contribution >= 0.6 is 0 Å². The third-order valence-electron chi connectivity index (χ3n) is 4.48. The maximum Gasteiger partial charge on any atom is 0.337 e. The van der Waals surface area contributed by atoms with E-state index in [-0.39, 0.29) is 11.6 Å². The van der Waals surface area contributed by atoms with E-state index < -0.39 is 5.97 Å². The van der Waals surface area contributed by atoms with Gasteiger partial charge in [0.15, 0.2) is 0 Å². The Morgan fingerprint density at radius 2 is 1.72 bits per heavy atom. The zero-order chi connectivity index (χ0) is 21.0. The van der Waals surface area contributed by atoms with Crippen LogP contribution in [0.4, 0.5) is 17.2 Å². The number of amides is 1. The first kappa shape index (κ1) is 20.0. The van der Waals surface area contributed by atoms with E-state index >= 15 is 0 Å². The number of ether oxygens (including phenoxy) is 1. The van der Waals surface area contributed by atoms with Crippen molar-refractivity contribution < 1.29 is 14.3 Å². The second-order valence-corrected chi connectivity index (χ2v) is 6.58. The van der Waals surface area contributed by atoms with Crippen LogP contribution in [-0.4, -0.2) is 29.0 Å². The lowest BCUT2D eigenvalue weighted by Crippen LogP contribution is -2.16. The smallest absolute Gasteiger partial charge is 0.337 e. The quantitative estimate of drug-likeness (QED) is 0.635. The number of methoxy groups -OCH3 is 1. The number of nitrogens with one attached hydrogen (secondary N) is 2. The van der Waals surface area contributed by atoms with E-state index in [2.05, 4.69) is 20.6 Å². The number of carbonyl (C=O) groups is 2. The zero-order valence-corrected chi connectivity index (χ0v) is 16.7. The summed E-state index contributed by atoms with van der Waals surface area (Å²) in [4.78, 5) is 33.0. The number of benzene rings is 2. The van der Waals surface area contributed by atoms with Crippen molar-refractivity contribution in [2.75, 3.05) is 17.7 Å². The van der Waals surface area contributed by atoms with Crippen LogP contribution in [0.25, 0.3) is 0 Å². The van der Waals surface area contributed by atoms with Crippen molar-refractivity contribution in [2.24, 2.45) is 0 Å². The molecule has 0 spiro atoms. The van der Waals surface area contributed by atoms with Gasteiger partial charge in [0.25, 0.3) is 5.91 Å². The summed E-state index contributed by atoms with van der Waals surface area (Å²) >= 11 is 0. The number of aromatic nitrogens is 2. The molecule has 0 aliphatic carbocycles. The highest BCUT2D eigenvalue weighted by Crippen LogP contribution is 2.20. The zero-order valence-electron chi connectivity index (χ0n) is 16.7. The Hall–Kier alpha value is -3.74. The predicted octanol–water partition coefficient (Wildman–Crippen LogP) is 4.18. The molecule has 1 amide bonds. The van der Waals surface area contributed by atoms with Crippen molar-refractivity contribution in [3.8, 4) is 0 Å². The van der Waals surface area contributed by atoms with Crippen molar-refractivity contribution >= 4 is 29.1 Å². The number of hydrogen-bond donors (Lipinski definition) is 2. The maximum atomic E-state index is 12.7. The third-order valence-corrected chi connectivity index (χ3v) is 4.48. The molecule has 1 aromatic heterocycles. The van der Waals surface area contributed by atoms with Gasteiger partial charge in [0.2, 0.25) is 0 Å². The van der Waals surface area contributed by atoms with Gasteiger partial charge >= 0.3 is 5.97 Å². The lowest BCUT2D eigenvalue weighted by Gasteiger charge is -2.12. The summed E-state index contributed by atoms with van der Waals surface area (Å²) in [6.45, 7) is 5.66. The summed E-state index contributed by atoms with van der Waals surface area (Å²) < 4.78 is 4.74. The molecule has 3 aromatic rings. The minimum absolute atomic E-state index is 0.241. The van der Waals surface area contributed by atoms with Crippen molar-refractivity contribution in [1.29, 1.82) is 0 Å². The molecule has 29 heavy (non-hydrogen) atoms. The second kappa shape index (κ2) is 8.52. The molecule has 1 heterocycles. The van der Waals surface area contributed by atoms with Crippen LogP contribution < -0.4 is 10.6 Å². The molecular formula is C22H22N4O3. The summed E-state index contributed by atoms with van der Waals surface area (Å²) in [7, 11) is 1.33. The standard InChI is InChI=1S/C22H22N4O3/c1-13-7-5-10-18(14(13)2)26-21(27)19-12-20(24-15(3)23-19)25-17-9-6-8-16(11-17)22(28)29-4/h5-12H,1-4H3,(H,26,27)(H,23,24,25). The fourth-order valence-electron chi connectivity index (χ4n) is 2.81. The lowest BCUT2D eigenvalue weighted by atomic mass is 10.1. The Labute approximate surface area is 169 Å². The number of carbonyl (C=O) groups excluding carboxylic acids is 2. The van der Waals surface area contributed by atoms with Crippen molar-refractivity contribution in [2.45, 2.75) is 20.8 Å². The van der Waals surface area contributed by atoms with Gasteiger partial charge in [-0.25, -0.2) is 14.8 Å². The number of anilines is 3. The Morgan fingerprint density at radius 1 is 0.966 bits per heavy atom. The van der Waals surface area contributed by atoms with Gasteiger partial charge in [0, 0.05) is 17.4 Å². The van der Waals surface area contributed by atoms with Crippen molar-refractivity contribution in [3.63, 3.8) is 0 Å². The van der Waals surface area contributed by atoms with Crippen LogP contribution in [0, 0.1) is 20.8 Å². The van der Waals surface area contributed by atoms with Crippen molar-refractivity contribution in [1.82, 2.24) is 9.97 Å². The predicted molar refractivity (Wildman–Crippen MR) is 112 cm³/mol. The van der Waals surface area contributed by atoms with Gasteiger partial charge < -0.3 is 15.4 Å². The van der Waals surface area contributed by atoms with Gasteiger partial charge in [-0.1, -0.05) is 18.2 Å². The SMILES string of the molecule is COC(=O)c1cccc(Nc2cc(C(=O)Nc3cccc(C)c3C)nc(C)n2)c1.